The van der Waals surface area contributed by atoms with E-state index in [0.29, 0.717) is 18.1 Å². The molecule has 2 heterocycles. The maximum absolute atomic E-state index is 12.5. The van der Waals surface area contributed by atoms with E-state index in [4.69, 9.17) is 9.47 Å². The van der Waals surface area contributed by atoms with E-state index >= 15 is 0 Å². The number of carbonyl (C=O) groups is 2. The van der Waals surface area contributed by atoms with E-state index in [2.05, 4.69) is 10.3 Å². The summed E-state index contributed by atoms with van der Waals surface area (Å²) in [5.41, 5.74) is 1.06. The molecule has 1 aliphatic rings. The lowest BCUT2D eigenvalue weighted by Crippen LogP contribution is -2.46. The van der Waals surface area contributed by atoms with Crippen LogP contribution in [0.2, 0.25) is 0 Å². The summed E-state index contributed by atoms with van der Waals surface area (Å²) in [6, 6.07) is 11.2. The predicted octanol–water partition coefficient (Wildman–Crippen LogP) is 1.23. The van der Waals surface area contributed by atoms with Crippen LogP contribution >= 0.6 is 0 Å². The Morgan fingerprint density at radius 2 is 2.07 bits per heavy atom. The van der Waals surface area contributed by atoms with Crippen molar-refractivity contribution in [2.45, 2.75) is 6.04 Å². The zero-order valence-corrected chi connectivity index (χ0v) is 16.2. The lowest BCUT2D eigenvalue weighted by molar-refractivity contribution is -0.125. The number of likely N-dealkylation sites (N-methyl/N-ethyl adjacent to an activating group) is 1. The van der Waals surface area contributed by atoms with Crippen LogP contribution in [0.3, 0.4) is 0 Å². The fourth-order valence-corrected chi connectivity index (χ4v) is 3.03. The molecule has 8 heteroatoms. The first-order valence-electron chi connectivity index (χ1n) is 8.95. The molecular formula is C20H24N4O4. The lowest BCUT2D eigenvalue weighted by Gasteiger charge is -2.28. The second-order valence-corrected chi connectivity index (χ2v) is 6.65. The highest BCUT2D eigenvalue weighted by atomic mass is 16.5. The Kier molecular flexibility index (Phi) is 6.10. The zero-order chi connectivity index (χ0) is 20.1. The third kappa shape index (κ3) is 4.40. The Morgan fingerprint density at radius 1 is 1.32 bits per heavy atom. The summed E-state index contributed by atoms with van der Waals surface area (Å²) in [5.74, 6) is 1.10. The minimum absolute atomic E-state index is 0.0133. The SMILES string of the molecule is COc1ccc(C(CNC(=O)CN2C(=O)COc3cccnc32)N(C)C)cc1. The summed E-state index contributed by atoms with van der Waals surface area (Å²) < 4.78 is 10.5. The lowest BCUT2D eigenvalue weighted by atomic mass is 10.1. The molecule has 0 radical (unpaired) electrons. The van der Waals surface area contributed by atoms with Gasteiger partial charge in [0.25, 0.3) is 5.91 Å². The second-order valence-electron chi connectivity index (χ2n) is 6.65. The number of nitrogens with one attached hydrogen (secondary N) is 1. The molecule has 0 spiro atoms. The van der Waals surface area contributed by atoms with Gasteiger partial charge >= 0.3 is 0 Å². The highest BCUT2D eigenvalue weighted by molar-refractivity contribution is 6.01. The molecule has 0 bridgehead atoms. The first-order valence-corrected chi connectivity index (χ1v) is 8.95. The third-order valence-electron chi connectivity index (χ3n) is 4.58. The van der Waals surface area contributed by atoms with Crippen molar-refractivity contribution < 1.29 is 19.1 Å². The molecule has 2 amide bonds. The van der Waals surface area contributed by atoms with Gasteiger partial charge in [0.2, 0.25) is 5.91 Å². The van der Waals surface area contributed by atoms with Gasteiger partial charge in [-0.05, 0) is 43.9 Å². The quantitative estimate of drug-likeness (QED) is 0.773. The van der Waals surface area contributed by atoms with Gasteiger partial charge in [0.15, 0.2) is 18.2 Å². The highest BCUT2D eigenvalue weighted by Crippen LogP contribution is 2.28. The fourth-order valence-electron chi connectivity index (χ4n) is 3.03. The van der Waals surface area contributed by atoms with Crippen molar-refractivity contribution in [3.8, 4) is 11.5 Å². The number of amides is 2. The van der Waals surface area contributed by atoms with Gasteiger partial charge in [-0.2, -0.15) is 0 Å². The van der Waals surface area contributed by atoms with Crippen molar-refractivity contribution >= 4 is 17.6 Å². The zero-order valence-electron chi connectivity index (χ0n) is 16.2. The minimum Gasteiger partial charge on any atom is -0.497 e. The van der Waals surface area contributed by atoms with E-state index in [0.717, 1.165) is 11.3 Å². The summed E-state index contributed by atoms with van der Waals surface area (Å²) in [4.78, 5) is 32.2. The van der Waals surface area contributed by atoms with E-state index in [1.165, 1.54) is 4.90 Å². The van der Waals surface area contributed by atoms with Gasteiger partial charge in [-0.1, -0.05) is 12.1 Å². The summed E-state index contributed by atoms with van der Waals surface area (Å²) in [6.45, 7) is 0.207. The first kappa shape index (κ1) is 19.6. The first-order chi connectivity index (χ1) is 13.5. The molecule has 1 unspecified atom stereocenters. The van der Waals surface area contributed by atoms with Crippen LogP contribution in [-0.4, -0.2) is 62.6 Å². The maximum Gasteiger partial charge on any atom is 0.266 e. The molecule has 28 heavy (non-hydrogen) atoms. The van der Waals surface area contributed by atoms with Crippen molar-refractivity contribution in [3.05, 3.63) is 48.2 Å². The number of rotatable bonds is 7. The molecule has 1 atom stereocenters. The fraction of sp³-hybridized carbons (Fsp3) is 0.350. The van der Waals surface area contributed by atoms with E-state index < -0.39 is 0 Å². The van der Waals surface area contributed by atoms with E-state index in [1.54, 1.807) is 25.4 Å². The normalized spacial score (nSPS) is 14.3. The molecule has 2 aromatic rings. The second kappa shape index (κ2) is 8.71. The van der Waals surface area contributed by atoms with Gasteiger partial charge in [0.1, 0.15) is 12.3 Å². The van der Waals surface area contributed by atoms with Crippen LogP contribution in [0.4, 0.5) is 5.82 Å². The third-order valence-corrected chi connectivity index (χ3v) is 4.58. The highest BCUT2D eigenvalue weighted by Gasteiger charge is 2.28. The number of hydrogen-bond acceptors (Lipinski definition) is 6. The van der Waals surface area contributed by atoms with Crippen LogP contribution < -0.4 is 19.7 Å². The predicted molar refractivity (Wildman–Crippen MR) is 105 cm³/mol. The average molecular weight is 384 g/mol. The summed E-state index contributed by atoms with van der Waals surface area (Å²) in [6.07, 6.45) is 1.57. The Balaban J connectivity index is 1.64. The number of nitrogens with zero attached hydrogens (tertiary/aromatic N) is 3. The number of ether oxygens (including phenoxy) is 2. The van der Waals surface area contributed by atoms with Gasteiger partial charge in [-0.25, -0.2) is 4.98 Å². The number of fused-ring (bicyclic) bond motifs is 1. The van der Waals surface area contributed by atoms with Gasteiger partial charge in [-0.3, -0.25) is 14.5 Å². The monoisotopic (exact) mass is 384 g/mol. The van der Waals surface area contributed by atoms with Crippen LogP contribution in [0.1, 0.15) is 11.6 Å². The van der Waals surface area contributed by atoms with Crippen molar-refractivity contribution in [1.82, 2.24) is 15.2 Å². The number of anilines is 1. The molecule has 0 aliphatic carbocycles. The maximum atomic E-state index is 12.5. The molecule has 1 aromatic carbocycles. The van der Waals surface area contributed by atoms with Crippen molar-refractivity contribution in [2.24, 2.45) is 0 Å². The van der Waals surface area contributed by atoms with E-state index in [1.807, 2.05) is 43.3 Å². The molecule has 148 valence electrons. The molecular weight excluding hydrogens is 360 g/mol. The minimum atomic E-state index is -0.291. The number of methoxy groups -OCH3 is 1. The average Bonchev–Trinajstić information content (AvgIpc) is 2.70. The molecule has 0 fully saturated rings. The molecule has 1 N–H and O–H groups in total. The Hall–Kier alpha value is -3.13. The van der Waals surface area contributed by atoms with E-state index in [9.17, 15) is 9.59 Å². The molecule has 3 rings (SSSR count). The molecule has 0 saturated carbocycles. The van der Waals surface area contributed by atoms with Gasteiger partial charge in [0, 0.05) is 12.7 Å². The molecule has 0 saturated heterocycles. The Labute approximate surface area is 164 Å². The molecule has 1 aliphatic heterocycles. The van der Waals surface area contributed by atoms with E-state index in [-0.39, 0.29) is 31.0 Å². The van der Waals surface area contributed by atoms with Crippen molar-refractivity contribution in [1.29, 1.82) is 0 Å². The molecule has 1 aromatic heterocycles. The number of aromatic nitrogens is 1. The van der Waals surface area contributed by atoms with Crippen LogP contribution in [0, 0.1) is 0 Å². The van der Waals surface area contributed by atoms with Crippen LogP contribution in [0.15, 0.2) is 42.6 Å². The van der Waals surface area contributed by atoms with Crippen molar-refractivity contribution in [3.63, 3.8) is 0 Å². The van der Waals surface area contributed by atoms with Crippen LogP contribution in [0.25, 0.3) is 0 Å². The number of hydrogen-bond donors (Lipinski definition) is 1. The Morgan fingerprint density at radius 3 is 2.75 bits per heavy atom. The topological polar surface area (TPSA) is 84.0 Å². The smallest absolute Gasteiger partial charge is 0.266 e. The summed E-state index contributed by atoms with van der Waals surface area (Å²) in [5, 5.41) is 2.92. The number of carbonyl (C=O) groups excluding carboxylic acids is 2. The van der Waals surface area contributed by atoms with Crippen molar-refractivity contribution in [2.75, 3.05) is 45.8 Å². The summed E-state index contributed by atoms with van der Waals surface area (Å²) >= 11 is 0. The van der Waals surface area contributed by atoms with Crippen LogP contribution in [-0.2, 0) is 9.59 Å². The van der Waals surface area contributed by atoms with Gasteiger partial charge in [0.05, 0.1) is 13.2 Å². The van der Waals surface area contributed by atoms with Gasteiger partial charge in [-0.15, -0.1) is 0 Å². The van der Waals surface area contributed by atoms with Crippen LogP contribution in [0.5, 0.6) is 11.5 Å². The molecule has 8 nitrogen and oxygen atoms in total. The largest absolute Gasteiger partial charge is 0.497 e. The van der Waals surface area contributed by atoms with Gasteiger partial charge < -0.3 is 19.7 Å². The summed E-state index contributed by atoms with van der Waals surface area (Å²) in [7, 11) is 5.53. The number of benzene rings is 1. The standard InChI is InChI=1S/C20H24N4O4/c1-23(2)16(14-6-8-15(27-3)9-7-14)11-22-18(25)12-24-19(26)13-28-17-5-4-10-21-20(17)24/h4-10,16H,11-13H2,1-3H3,(H,22,25). The number of pyridine rings is 1. The Bertz CT molecular complexity index is 838.